The van der Waals surface area contributed by atoms with Crippen LogP contribution in [0.2, 0.25) is 5.02 Å². The maximum absolute atomic E-state index is 6.17. The lowest BCUT2D eigenvalue weighted by Gasteiger charge is -2.15. The fourth-order valence-corrected chi connectivity index (χ4v) is 2.52. The highest BCUT2D eigenvalue weighted by molar-refractivity contribution is 6.30. The molecule has 0 radical (unpaired) electrons. The molecule has 2 aromatic carbocycles. The van der Waals surface area contributed by atoms with Crippen LogP contribution in [0.15, 0.2) is 42.5 Å². The summed E-state index contributed by atoms with van der Waals surface area (Å²) in [6.07, 6.45) is 0. The number of hydrogen-bond donors (Lipinski definition) is 0. The number of halogens is 1. The third-order valence-electron chi connectivity index (χ3n) is 3.50. The SMILES string of the molecule is CC(C)c1cccc(-c2cc(Cl)ccc2C(C)C)c1. The summed E-state index contributed by atoms with van der Waals surface area (Å²) < 4.78 is 0. The average Bonchev–Trinajstić information content (AvgIpc) is 2.38. The predicted molar refractivity (Wildman–Crippen MR) is 85.1 cm³/mol. The predicted octanol–water partition coefficient (Wildman–Crippen LogP) is 6.25. The van der Waals surface area contributed by atoms with Crippen LogP contribution in [-0.2, 0) is 0 Å². The van der Waals surface area contributed by atoms with E-state index in [1.807, 2.05) is 6.07 Å². The second-order valence-corrected chi connectivity index (χ2v) is 6.10. The molecule has 0 unspecified atom stereocenters. The Balaban J connectivity index is 2.57. The summed E-state index contributed by atoms with van der Waals surface area (Å²) >= 11 is 6.17. The van der Waals surface area contributed by atoms with Gasteiger partial charge >= 0.3 is 0 Å². The molecule has 0 bridgehead atoms. The third-order valence-corrected chi connectivity index (χ3v) is 3.74. The smallest absolute Gasteiger partial charge is 0.0412 e. The molecule has 0 N–H and O–H groups in total. The molecule has 0 spiro atoms. The molecule has 0 saturated heterocycles. The molecule has 0 aliphatic heterocycles. The Kier molecular flexibility index (Phi) is 4.31. The van der Waals surface area contributed by atoms with Gasteiger partial charge < -0.3 is 0 Å². The van der Waals surface area contributed by atoms with Crippen molar-refractivity contribution in [1.82, 2.24) is 0 Å². The topological polar surface area (TPSA) is 0 Å². The molecule has 0 heterocycles. The van der Waals surface area contributed by atoms with Gasteiger partial charge in [-0.15, -0.1) is 0 Å². The summed E-state index contributed by atoms with van der Waals surface area (Å²) in [5, 5.41) is 0.800. The van der Waals surface area contributed by atoms with Gasteiger partial charge in [-0.3, -0.25) is 0 Å². The first-order chi connectivity index (χ1) is 8.99. The molecule has 0 aliphatic rings. The zero-order valence-electron chi connectivity index (χ0n) is 12.1. The Labute approximate surface area is 121 Å². The van der Waals surface area contributed by atoms with Gasteiger partial charge in [-0.25, -0.2) is 0 Å². The highest BCUT2D eigenvalue weighted by Crippen LogP contribution is 2.33. The van der Waals surface area contributed by atoms with Gasteiger partial charge in [0.05, 0.1) is 0 Å². The van der Waals surface area contributed by atoms with E-state index in [4.69, 9.17) is 11.6 Å². The molecule has 1 heteroatoms. The Morgan fingerprint density at radius 1 is 0.842 bits per heavy atom. The number of rotatable bonds is 3. The molecule has 0 amide bonds. The van der Waals surface area contributed by atoms with E-state index in [1.54, 1.807) is 0 Å². The van der Waals surface area contributed by atoms with Crippen molar-refractivity contribution < 1.29 is 0 Å². The number of benzene rings is 2. The van der Waals surface area contributed by atoms with E-state index < -0.39 is 0 Å². The normalized spacial score (nSPS) is 11.3. The minimum Gasteiger partial charge on any atom is -0.0843 e. The van der Waals surface area contributed by atoms with Crippen LogP contribution in [-0.4, -0.2) is 0 Å². The van der Waals surface area contributed by atoms with Crippen LogP contribution >= 0.6 is 11.6 Å². The van der Waals surface area contributed by atoms with E-state index in [2.05, 4.69) is 64.1 Å². The van der Waals surface area contributed by atoms with Crippen molar-refractivity contribution >= 4 is 11.6 Å². The van der Waals surface area contributed by atoms with Gasteiger partial charge in [-0.05, 0) is 46.2 Å². The van der Waals surface area contributed by atoms with Crippen LogP contribution in [0.4, 0.5) is 0 Å². The zero-order chi connectivity index (χ0) is 14.0. The van der Waals surface area contributed by atoms with Crippen molar-refractivity contribution in [3.63, 3.8) is 0 Å². The fraction of sp³-hybridized carbons (Fsp3) is 0.333. The lowest BCUT2D eigenvalue weighted by Crippen LogP contribution is -1.94. The van der Waals surface area contributed by atoms with Crippen molar-refractivity contribution in [1.29, 1.82) is 0 Å². The van der Waals surface area contributed by atoms with Gasteiger partial charge in [-0.2, -0.15) is 0 Å². The molecular formula is C18H21Cl. The third kappa shape index (κ3) is 3.19. The molecule has 0 aromatic heterocycles. The van der Waals surface area contributed by atoms with E-state index in [9.17, 15) is 0 Å². The van der Waals surface area contributed by atoms with Crippen molar-refractivity contribution in [2.75, 3.05) is 0 Å². The minimum atomic E-state index is 0.495. The largest absolute Gasteiger partial charge is 0.0843 e. The molecular weight excluding hydrogens is 252 g/mol. The van der Waals surface area contributed by atoms with Crippen LogP contribution in [0.1, 0.15) is 50.7 Å². The van der Waals surface area contributed by atoms with Crippen LogP contribution in [0, 0.1) is 0 Å². The second-order valence-electron chi connectivity index (χ2n) is 5.67. The van der Waals surface area contributed by atoms with Crippen molar-refractivity contribution in [3.05, 3.63) is 58.6 Å². The van der Waals surface area contributed by atoms with Gasteiger partial charge in [0.2, 0.25) is 0 Å². The van der Waals surface area contributed by atoms with Crippen molar-refractivity contribution in [3.8, 4) is 11.1 Å². The lowest BCUT2D eigenvalue weighted by molar-refractivity contribution is 0.863. The number of hydrogen-bond acceptors (Lipinski definition) is 0. The summed E-state index contributed by atoms with van der Waals surface area (Å²) in [7, 11) is 0. The van der Waals surface area contributed by atoms with E-state index in [0.717, 1.165) is 5.02 Å². The first kappa shape index (κ1) is 14.1. The van der Waals surface area contributed by atoms with Crippen LogP contribution in [0.25, 0.3) is 11.1 Å². The maximum Gasteiger partial charge on any atom is 0.0412 e. The standard InChI is InChI=1S/C18H21Cl/c1-12(2)14-6-5-7-15(10-14)18-11-16(19)8-9-17(18)13(3)4/h5-13H,1-4H3. The highest BCUT2D eigenvalue weighted by atomic mass is 35.5. The second kappa shape index (κ2) is 5.79. The Bertz CT molecular complexity index is 568. The fourth-order valence-electron chi connectivity index (χ4n) is 2.35. The van der Waals surface area contributed by atoms with E-state index in [-0.39, 0.29) is 0 Å². The first-order valence-corrected chi connectivity index (χ1v) is 7.26. The van der Waals surface area contributed by atoms with Crippen LogP contribution in [0.5, 0.6) is 0 Å². The average molecular weight is 273 g/mol. The quantitative estimate of drug-likeness (QED) is 0.619. The first-order valence-electron chi connectivity index (χ1n) is 6.89. The Hall–Kier alpha value is -1.27. The van der Waals surface area contributed by atoms with E-state index in [0.29, 0.717) is 11.8 Å². The van der Waals surface area contributed by atoms with Crippen molar-refractivity contribution in [2.24, 2.45) is 0 Å². The molecule has 0 saturated carbocycles. The lowest BCUT2D eigenvalue weighted by atomic mass is 9.90. The molecule has 100 valence electrons. The van der Waals surface area contributed by atoms with Gasteiger partial charge in [0.25, 0.3) is 0 Å². The molecule has 0 aliphatic carbocycles. The summed E-state index contributed by atoms with van der Waals surface area (Å²) in [6, 6.07) is 15.0. The van der Waals surface area contributed by atoms with Crippen molar-refractivity contribution in [2.45, 2.75) is 39.5 Å². The molecule has 2 aromatic rings. The van der Waals surface area contributed by atoms with Gasteiger partial charge in [0.1, 0.15) is 0 Å². The monoisotopic (exact) mass is 272 g/mol. The van der Waals surface area contributed by atoms with Gasteiger partial charge in [0.15, 0.2) is 0 Å². The maximum atomic E-state index is 6.17. The molecule has 19 heavy (non-hydrogen) atoms. The van der Waals surface area contributed by atoms with Crippen LogP contribution < -0.4 is 0 Å². The van der Waals surface area contributed by atoms with E-state index >= 15 is 0 Å². The highest BCUT2D eigenvalue weighted by Gasteiger charge is 2.10. The minimum absolute atomic E-state index is 0.495. The van der Waals surface area contributed by atoms with E-state index in [1.165, 1.54) is 22.3 Å². The Morgan fingerprint density at radius 3 is 2.21 bits per heavy atom. The molecule has 0 nitrogen and oxygen atoms in total. The van der Waals surface area contributed by atoms with Crippen LogP contribution in [0.3, 0.4) is 0 Å². The Morgan fingerprint density at radius 2 is 1.58 bits per heavy atom. The van der Waals surface area contributed by atoms with Gasteiger partial charge in [0, 0.05) is 5.02 Å². The zero-order valence-corrected chi connectivity index (χ0v) is 12.8. The molecule has 0 atom stereocenters. The summed E-state index contributed by atoms with van der Waals surface area (Å²) in [5.41, 5.74) is 5.24. The van der Waals surface area contributed by atoms with Gasteiger partial charge in [-0.1, -0.05) is 69.6 Å². The summed E-state index contributed by atoms with van der Waals surface area (Å²) in [4.78, 5) is 0. The summed E-state index contributed by atoms with van der Waals surface area (Å²) in [6.45, 7) is 8.89. The molecule has 2 rings (SSSR count). The molecule has 0 fully saturated rings. The summed E-state index contributed by atoms with van der Waals surface area (Å²) in [5.74, 6) is 1.04.